The van der Waals surface area contributed by atoms with Crippen molar-refractivity contribution in [3.05, 3.63) is 63.6 Å². The van der Waals surface area contributed by atoms with Gasteiger partial charge in [-0.15, -0.1) is 0 Å². The summed E-state index contributed by atoms with van der Waals surface area (Å²) < 4.78 is 6.77. The molecule has 2 aromatic rings. The highest BCUT2D eigenvalue weighted by Gasteiger charge is 1.99. The largest absolute Gasteiger partial charge is 0.494 e. The summed E-state index contributed by atoms with van der Waals surface area (Å²) >= 11 is 0. The molecule has 0 saturated heterocycles. The van der Waals surface area contributed by atoms with E-state index in [1.54, 1.807) is 12.3 Å². The van der Waals surface area contributed by atoms with E-state index in [1.807, 2.05) is 51.1 Å². The van der Waals surface area contributed by atoms with E-state index >= 15 is 0 Å². The van der Waals surface area contributed by atoms with E-state index < -0.39 is 0 Å². The van der Waals surface area contributed by atoms with Crippen LogP contribution in [0.5, 0.6) is 5.75 Å². The predicted molar refractivity (Wildman–Crippen MR) is 80.8 cm³/mol. The summed E-state index contributed by atoms with van der Waals surface area (Å²) in [5.41, 5.74) is 2.56. The molecule has 0 bridgehead atoms. The molecule has 0 radical (unpaired) electrons. The van der Waals surface area contributed by atoms with Gasteiger partial charge in [0.15, 0.2) is 0 Å². The second kappa shape index (κ2) is 6.19. The maximum Gasteiger partial charge on any atom is 0.271 e. The lowest BCUT2D eigenvalue weighted by Gasteiger charge is -2.04. The van der Waals surface area contributed by atoms with Gasteiger partial charge in [0, 0.05) is 11.8 Å². The van der Waals surface area contributed by atoms with Crippen LogP contribution in [-0.2, 0) is 0 Å². The summed E-state index contributed by atoms with van der Waals surface area (Å²) in [6, 6.07) is 11.1. The van der Waals surface area contributed by atoms with Crippen molar-refractivity contribution in [2.45, 2.75) is 20.8 Å². The zero-order valence-corrected chi connectivity index (χ0v) is 12.0. The van der Waals surface area contributed by atoms with Crippen molar-refractivity contribution < 1.29 is 4.74 Å². The molecule has 4 heteroatoms. The molecule has 0 amide bonds. The van der Waals surface area contributed by atoms with E-state index in [4.69, 9.17) is 4.74 Å². The van der Waals surface area contributed by atoms with Crippen LogP contribution in [0.15, 0.2) is 46.3 Å². The number of nitrogens with zero attached hydrogens (tertiary/aromatic N) is 2. The first-order valence-corrected chi connectivity index (χ1v) is 6.57. The molecule has 1 heterocycles. The highest BCUT2D eigenvalue weighted by molar-refractivity contribution is 5.79. The highest BCUT2D eigenvalue weighted by Crippen LogP contribution is 2.10. The number of aromatic nitrogens is 1. The topological polar surface area (TPSA) is 43.6 Å². The molecule has 0 aliphatic carbocycles. The van der Waals surface area contributed by atoms with Gasteiger partial charge < -0.3 is 4.74 Å². The van der Waals surface area contributed by atoms with Crippen molar-refractivity contribution in [3.63, 3.8) is 0 Å². The SMILES string of the molecule is CCOc1ccc(C=Nn2c(C)cc(C)cc2=O)cc1. The van der Waals surface area contributed by atoms with E-state index in [0.29, 0.717) is 6.61 Å². The summed E-state index contributed by atoms with van der Waals surface area (Å²) in [4.78, 5) is 11.9. The lowest BCUT2D eigenvalue weighted by atomic mass is 10.2. The quantitative estimate of drug-likeness (QED) is 0.802. The van der Waals surface area contributed by atoms with E-state index in [-0.39, 0.29) is 5.56 Å². The fourth-order valence-electron chi connectivity index (χ4n) is 1.95. The summed E-state index contributed by atoms with van der Waals surface area (Å²) in [6.07, 6.45) is 1.67. The molecule has 0 saturated carbocycles. The number of ether oxygens (including phenoxy) is 1. The molecule has 104 valence electrons. The van der Waals surface area contributed by atoms with Crippen molar-refractivity contribution >= 4 is 6.21 Å². The summed E-state index contributed by atoms with van der Waals surface area (Å²) in [5, 5.41) is 4.23. The lowest BCUT2D eigenvalue weighted by molar-refractivity contribution is 0.340. The van der Waals surface area contributed by atoms with Gasteiger partial charge in [0.05, 0.1) is 12.8 Å². The Bertz CT molecular complexity index is 670. The lowest BCUT2D eigenvalue weighted by Crippen LogP contribution is -2.18. The second-order valence-corrected chi connectivity index (χ2v) is 4.57. The minimum Gasteiger partial charge on any atom is -0.494 e. The number of benzene rings is 1. The average molecular weight is 270 g/mol. The summed E-state index contributed by atoms with van der Waals surface area (Å²) in [7, 11) is 0. The first-order valence-electron chi connectivity index (χ1n) is 6.57. The first-order chi connectivity index (χ1) is 9.60. The molecule has 20 heavy (non-hydrogen) atoms. The van der Waals surface area contributed by atoms with Crippen molar-refractivity contribution in [3.8, 4) is 5.75 Å². The standard InChI is InChI=1S/C16H18N2O2/c1-4-20-15-7-5-14(6-8-15)11-17-18-13(3)9-12(2)10-16(18)19/h5-11H,4H2,1-3H3. The van der Waals surface area contributed by atoms with E-state index in [1.165, 1.54) is 4.68 Å². The molecule has 0 fully saturated rings. The van der Waals surface area contributed by atoms with Gasteiger partial charge in [0.1, 0.15) is 5.75 Å². The Morgan fingerprint density at radius 2 is 1.90 bits per heavy atom. The van der Waals surface area contributed by atoms with Crippen LogP contribution in [-0.4, -0.2) is 17.5 Å². The Morgan fingerprint density at radius 3 is 2.50 bits per heavy atom. The molecule has 0 atom stereocenters. The third-order valence-electron chi connectivity index (χ3n) is 2.84. The third-order valence-corrected chi connectivity index (χ3v) is 2.84. The van der Waals surface area contributed by atoms with Gasteiger partial charge >= 0.3 is 0 Å². The Balaban J connectivity index is 2.23. The first kappa shape index (κ1) is 14.1. The number of pyridine rings is 1. The number of hydrogen-bond donors (Lipinski definition) is 0. The maximum absolute atomic E-state index is 11.9. The van der Waals surface area contributed by atoms with Crippen LogP contribution >= 0.6 is 0 Å². The van der Waals surface area contributed by atoms with Gasteiger partial charge in [0.25, 0.3) is 5.56 Å². The molecule has 1 aromatic heterocycles. The smallest absolute Gasteiger partial charge is 0.271 e. The Kier molecular flexibility index (Phi) is 4.35. The molecule has 0 aliphatic heterocycles. The fraction of sp³-hybridized carbons (Fsp3) is 0.250. The zero-order valence-electron chi connectivity index (χ0n) is 12.0. The number of aryl methyl sites for hydroxylation is 2. The van der Waals surface area contributed by atoms with Crippen LogP contribution in [0.1, 0.15) is 23.7 Å². The van der Waals surface area contributed by atoms with Gasteiger partial charge in [-0.2, -0.15) is 5.10 Å². The minimum absolute atomic E-state index is 0.121. The number of rotatable bonds is 4. The molecule has 0 aliphatic rings. The van der Waals surface area contributed by atoms with Gasteiger partial charge in [-0.05, 0) is 62.2 Å². The normalized spacial score (nSPS) is 10.9. The van der Waals surface area contributed by atoms with Gasteiger partial charge in [-0.1, -0.05) is 0 Å². The van der Waals surface area contributed by atoms with Crippen molar-refractivity contribution in [1.82, 2.24) is 4.68 Å². The Morgan fingerprint density at radius 1 is 1.20 bits per heavy atom. The summed E-state index contributed by atoms with van der Waals surface area (Å²) in [5.74, 6) is 0.827. The predicted octanol–water partition coefficient (Wildman–Crippen LogP) is 2.75. The van der Waals surface area contributed by atoms with Crippen molar-refractivity contribution in [2.75, 3.05) is 6.61 Å². The Hall–Kier alpha value is -2.36. The molecule has 2 rings (SSSR count). The third kappa shape index (κ3) is 3.35. The van der Waals surface area contributed by atoms with Crippen molar-refractivity contribution in [1.29, 1.82) is 0 Å². The molecule has 4 nitrogen and oxygen atoms in total. The van der Waals surface area contributed by atoms with E-state index in [9.17, 15) is 4.79 Å². The van der Waals surface area contributed by atoms with Gasteiger partial charge in [-0.3, -0.25) is 4.79 Å². The molecular weight excluding hydrogens is 252 g/mol. The summed E-state index contributed by atoms with van der Waals surface area (Å²) in [6.45, 7) is 6.35. The maximum atomic E-state index is 11.9. The van der Waals surface area contributed by atoms with Crippen LogP contribution in [0.3, 0.4) is 0 Å². The van der Waals surface area contributed by atoms with E-state index in [0.717, 1.165) is 22.6 Å². The second-order valence-electron chi connectivity index (χ2n) is 4.57. The number of hydrogen-bond acceptors (Lipinski definition) is 3. The van der Waals surface area contributed by atoms with Crippen LogP contribution < -0.4 is 10.3 Å². The molecule has 0 unspecified atom stereocenters. The monoisotopic (exact) mass is 270 g/mol. The van der Waals surface area contributed by atoms with E-state index in [2.05, 4.69) is 5.10 Å². The fourth-order valence-corrected chi connectivity index (χ4v) is 1.95. The Labute approximate surface area is 118 Å². The zero-order chi connectivity index (χ0) is 14.5. The van der Waals surface area contributed by atoms with Crippen LogP contribution in [0, 0.1) is 13.8 Å². The highest BCUT2D eigenvalue weighted by atomic mass is 16.5. The van der Waals surface area contributed by atoms with Crippen molar-refractivity contribution in [2.24, 2.45) is 5.10 Å². The molecule has 1 aromatic carbocycles. The average Bonchev–Trinajstić information content (AvgIpc) is 2.39. The molecule has 0 N–H and O–H groups in total. The molecule has 0 spiro atoms. The molecular formula is C16H18N2O2. The van der Waals surface area contributed by atoms with Crippen LogP contribution in [0.25, 0.3) is 0 Å². The van der Waals surface area contributed by atoms with Gasteiger partial charge in [0.2, 0.25) is 0 Å². The van der Waals surface area contributed by atoms with Crippen LogP contribution in [0.4, 0.5) is 0 Å². The van der Waals surface area contributed by atoms with Crippen LogP contribution in [0.2, 0.25) is 0 Å². The van der Waals surface area contributed by atoms with Gasteiger partial charge in [-0.25, -0.2) is 4.68 Å². The minimum atomic E-state index is -0.121.